The van der Waals surface area contributed by atoms with Gasteiger partial charge in [-0.15, -0.1) is 18.9 Å². The van der Waals surface area contributed by atoms with Gasteiger partial charge in [0.05, 0.1) is 30.0 Å². The lowest BCUT2D eigenvalue weighted by molar-refractivity contribution is -0.110. The van der Waals surface area contributed by atoms with Gasteiger partial charge in [-0.25, -0.2) is 4.98 Å². The van der Waals surface area contributed by atoms with Crippen LogP contribution in [-0.2, 0) is 40.0 Å². The number of fused-ring (bicyclic) bond motifs is 4. The molecule has 2 saturated heterocycles. The first-order valence-corrected chi connectivity index (χ1v) is 52.2. The van der Waals surface area contributed by atoms with Gasteiger partial charge in [0.1, 0.15) is 24.9 Å². The molecule has 9 aromatic rings. The van der Waals surface area contributed by atoms with Crippen molar-refractivity contribution in [3.63, 3.8) is 0 Å². The molecule has 4 fully saturated rings. The summed E-state index contributed by atoms with van der Waals surface area (Å²) in [5, 5.41) is 6.95. The van der Waals surface area contributed by atoms with Crippen LogP contribution in [0.4, 0.5) is 5.82 Å². The Labute approximate surface area is 815 Å². The molecule has 2 aromatic heterocycles. The Bertz CT molecular complexity index is 5450. The molecule has 4 unspecified atom stereocenters. The van der Waals surface area contributed by atoms with Crippen LogP contribution in [0.3, 0.4) is 0 Å². The van der Waals surface area contributed by atoms with Crippen LogP contribution in [-0.4, -0.2) is 161 Å². The maximum atomic E-state index is 13.3. The summed E-state index contributed by atoms with van der Waals surface area (Å²) in [7, 11) is 0.566. The third kappa shape index (κ3) is 33.2. The molecule has 7 aromatic carbocycles. The molecule has 16 rings (SSSR count). The number of aryl methyl sites for hydroxylation is 8. The number of nitrogens with one attached hydrogen (secondary N) is 1. The van der Waals surface area contributed by atoms with E-state index in [4.69, 9.17) is 31.6 Å². The van der Waals surface area contributed by atoms with E-state index in [1.807, 2.05) is 136 Å². The highest BCUT2D eigenvalue weighted by Gasteiger charge is 2.35. The number of rotatable bonds is 28. The highest BCUT2D eigenvalue weighted by atomic mass is 127. The van der Waals surface area contributed by atoms with Crippen molar-refractivity contribution in [2.24, 2.45) is 23.7 Å². The molecule has 20 heteroatoms. The van der Waals surface area contributed by atoms with Gasteiger partial charge in [0.25, 0.3) is 11.8 Å². The van der Waals surface area contributed by atoms with E-state index in [1.54, 1.807) is 24.2 Å². The molecular weight excluding hydrogens is 1820 g/mol. The maximum Gasteiger partial charge on any atom is 0.259 e. The molecular formula is C113H141IN8O8P2S. The zero-order chi connectivity index (χ0) is 95.5. The number of hydrogen-bond donors (Lipinski definition) is 1. The number of amides is 2. The maximum absolute atomic E-state index is 13.3. The van der Waals surface area contributed by atoms with Gasteiger partial charge in [-0.2, -0.15) is 0 Å². The molecule has 16 nitrogen and oxygen atoms in total. The number of hydrogen-bond acceptors (Lipinski definition) is 15. The molecule has 704 valence electrons. The summed E-state index contributed by atoms with van der Waals surface area (Å²) in [5.41, 5.74) is 24.1. The van der Waals surface area contributed by atoms with Gasteiger partial charge in [-0.3, -0.25) is 48.8 Å². The van der Waals surface area contributed by atoms with Crippen LogP contribution < -0.4 is 14.4 Å². The number of ketones is 1. The van der Waals surface area contributed by atoms with Crippen molar-refractivity contribution in [1.29, 1.82) is 5.16 Å². The Morgan fingerprint density at radius 2 is 1.24 bits per heavy atom. The van der Waals surface area contributed by atoms with Crippen LogP contribution in [0.25, 0.3) is 11.1 Å². The minimum atomic E-state index is -1.43. The third-order valence-electron chi connectivity index (χ3n) is 25.7. The molecule has 0 bridgehead atoms. The van der Waals surface area contributed by atoms with Crippen molar-refractivity contribution in [2.45, 2.75) is 204 Å². The van der Waals surface area contributed by atoms with E-state index >= 15 is 0 Å². The monoisotopic (exact) mass is 1960 g/mol. The molecule has 2 amide bonds. The van der Waals surface area contributed by atoms with E-state index < -0.39 is 7.61 Å². The zero-order valence-corrected chi connectivity index (χ0v) is 85.8. The van der Waals surface area contributed by atoms with E-state index in [0.29, 0.717) is 59.5 Å². The lowest BCUT2D eigenvalue weighted by Gasteiger charge is -2.43. The predicted octanol–water partition coefficient (Wildman–Crippen LogP) is 26.0. The van der Waals surface area contributed by atoms with Crippen LogP contribution in [0.5, 0.6) is 11.5 Å². The minimum Gasteiger partial charge on any atom is -0.493 e. The number of likely N-dealkylation sites (tertiary alicyclic amines) is 1. The number of carbonyl (C=O) groups excluding carboxylic acids is 5. The number of aromatic nitrogens is 2. The molecule has 1 N–H and O–H groups in total. The van der Waals surface area contributed by atoms with Crippen LogP contribution in [0.2, 0.25) is 0 Å². The molecule has 133 heavy (non-hydrogen) atoms. The van der Waals surface area contributed by atoms with E-state index in [1.165, 1.54) is 134 Å². The standard InChI is InChI=1S/C26H36N4O2.C24H26N2O2S.C22H28O.C12H15I.C12H16.C11H15NO.C6H5NO2P2/c1-21-10-12-22(13-11-21)26(31)30(25-9-5-6-14-27-25)20-17-28-15-18-29(19-16-28)23-7-3-4-8-24(23)32-2;1-17-6-8-18(9-7-17)23(27)19-10-12-25(13-11-19)14-15-26-22(29)16-20-4-2-3-5-21(20)24(26)28;1-15(2)9-10-16(3)14-23-21-12-17(4)11-19-13-18-7-5-6-8-20(18)22(19)21;1-9(2)4-6-11-7-5-10(3)12(13)8-11;1-10(2)7-8-12-6-4-5-11(3)9-12;1-9-11(6-3-7-12-9)13-8-10-4-2-5-10;1-4-2-3-5(8)11(10-7)6(4)9/h5-6,9-14,23-24H,3-4,7-8,15-20H2,1-2H3;2-9,19H,10-16H2,1H3;5-8,11-12,15-16H,9-10,13-14H2,1-4H3;5,7-8H,1,4,6H2,2-3H3;4-6,9H,1,7-8H2,2-3H3;3,6-7,10H,2,4-5,8H2,1H3;3,7H,1H3. The lowest BCUT2D eigenvalue weighted by Crippen LogP contribution is -2.55. The number of ether oxygens (including phenoxy) is 3. The fourth-order valence-electron chi connectivity index (χ4n) is 17.2. The van der Waals surface area contributed by atoms with Gasteiger partial charge < -0.3 is 24.0 Å². The zero-order valence-electron chi connectivity index (χ0n) is 81.0. The fraction of sp³-hybridized carbons (Fsp3) is 0.425. The number of benzene rings is 7. The average molecular weight is 1960 g/mol. The van der Waals surface area contributed by atoms with Crippen LogP contribution in [0.15, 0.2) is 236 Å². The van der Waals surface area contributed by atoms with Gasteiger partial charge in [0, 0.05) is 136 Å². The largest absolute Gasteiger partial charge is 0.493 e. The van der Waals surface area contributed by atoms with Crippen LogP contribution in [0.1, 0.15) is 217 Å². The first kappa shape index (κ1) is 106. The van der Waals surface area contributed by atoms with Crippen LogP contribution in [0, 0.1) is 73.9 Å². The van der Waals surface area contributed by atoms with Crippen molar-refractivity contribution in [3.05, 3.63) is 318 Å². The molecule has 6 heterocycles. The van der Waals surface area contributed by atoms with Gasteiger partial charge in [0.2, 0.25) is 11.0 Å². The fourth-order valence-corrected chi connectivity index (χ4v) is 20.3. The Hall–Kier alpha value is -9.42. The summed E-state index contributed by atoms with van der Waals surface area (Å²) in [5.74, 6) is 5.26. The number of piperazine rings is 1. The third-order valence-corrected chi connectivity index (χ3v) is 30.4. The molecule has 3 aliphatic carbocycles. The molecule has 7 aliphatic rings. The Balaban J connectivity index is 0.000000167. The summed E-state index contributed by atoms with van der Waals surface area (Å²) in [6, 6.07) is 62.1. The molecule has 2 saturated carbocycles. The number of thiocarbonyl (C=S) groups is 1. The second kappa shape index (κ2) is 54.4. The second-order valence-electron chi connectivity index (χ2n) is 37.2. The Kier molecular flexibility index (Phi) is 43.2. The van der Waals surface area contributed by atoms with Crippen molar-refractivity contribution in [2.75, 3.05) is 90.7 Å². The number of halogens is 1. The summed E-state index contributed by atoms with van der Waals surface area (Å²) in [4.78, 5) is 81.2. The lowest BCUT2D eigenvalue weighted by atomic mass is 9.86. The molecule has 4 aliphatic heterocycles. The van der Waals surface area contributed by atoms with Crippen molar-refractivity contribution in [1.82, 2.24) is 29.6 Å². The summed E-state index contributed by atoms with van der Waals surface area (Å²) in [6.45, 7) is 43.5. The van der Waals surface area contributed by atoms with E-state index in [9.17, 15) is 24.0 Å². The van der Waals surface area contributed by atoms with Crippen molar-refractivity contribution >= 4 is 89.9 Å². The number of anilines is 1. The first-order chi connectivity index (χ1) is 64.0. The highest BCUT2D eigenvalue weighted by molar-refractivity contribution is 14.1. The van der Waals surface area contributed by atoms with Crippen LogP contribution >= 0.6 is 50.5 Å². The van der Waals surface area contributed by atoms with Gasteiger partial charge in [-0.05, 0) is 292 Å². The van der Waals surface area contributed by atoms with E-state index in [2.05, 4.69) is 200 Å². The summed E-state index contributed by atoms with van der Waals surface area (Å²) >= 11 is 7.89. The molecule has 0 spiro atoms. The van der Waals surface area contributed by atoms with E-state index in [-0.39, 0.29) is 42.6 Å². The number of piperidine rings is 1. The molecule has 0 radical (unpaired) electrons. The Morgan fingerprint density at radius 1 is 0.609 bits per heavy atom. The van der Waals surface area contributed by atoms with Gasteiger partial charge >= 0.3 is 0 Å². The predicted molar refractivity (Wildman–Crippen MR) is 562 cm³/mol. The minimum absolute atomic E-state index is 0.00692. The number of pyridine rings is 2. The first-order valence-electron chi connectivity index (χ1n) is 47.7. The van der Waals surface area contributed by atoms with E-state index in [0.717, 1.165) is 162 Å². The topological polar surface area (TPSA) is 179 Å². The quantitative estimate of drug-likeness (QED) is 0.0122. The number of Topliss-reactive ketones (excluding diaryl/α,β-unsaturated/α-hetero) is 1. The number of allylic oxidation sites excluding steroid dienone is 3. The van der Waals surface area contributed by atoms with Crippen molar-refractivity contribution in [3.8, 4) is 22.6 Å². The molecule has 4 atom stereocenters. The number of carbonyl (C=O) groups is 5. The second-order valence-corrected chi connectivity index (χ2v) is 42.3. The normalized spacial score (nSPS) is 17.2. The Morgan fingerprint density at radius 3 is 1.85 bits per heavy atom. The summed E-state index contributed by atoms with van der Waals surface area (Å²) < 4.78 is 19.1. The summed E-state index contributed by atoms with van der Waals surface area (Å²) in [6.07, 6.45) is 24.6. The number of methoxy groups -OCH3 is 1. The van der Waals surface area contributed by atoms with Crippen molar-refractivity contribution < 1.29 is 38.2 Å². The highest BCUT2D eigenvalue weighted by Crippen LogP contribution is 2.54. The average Bonchev–Trinajstić information content (AvgIpc) is 1.63. The smallest absolute Gasteiger partial charge is 0.259 e. The van der Waals surface area contributed by atoms with Gasteiger partial charge in [-0.1, -0.05) is 214 Å². The SMILES string of the molecule is C=C(C)CCc1ccc(C)c(I)c1.C=C(C)CCc1cccc(C)c1.CC1=C=CC(=O)P(P=N)C1=O.COC1CCCCC1N1CCN(CCN(C(=O)c2ccc(C)cc2)c2ccccn2)CC1.Cc1cc2c(c(OCC(C)CCC(C)C)c1)-c1ccccc1C2.Cc1ccc(C(=O)C2CCN(CCN3C(=O)c4ccccc4CC3=S)CC2)cc1.Cc1ncccc1OCC1CCC1. The van der Waals surface area contributed by atoms with Gasteiger partial charge in [0.15, 0.2) is 5.78 Å². The number of nitrogens with zero attached hydrogens (tertiary/aromatic N) is 7.